The third kappa shape index (κ3) is 7.30. The first-order chi connectivity index (χ1) is 12.9. The molecule has 1 aromatic carbocycles. The Balaban J connectivity index is 0.00000392. The van der Waals surface area contributed by atoms with Gasteiger partial charge in [0.1, 0.15) is 5.75 Å². The predicted molar refractivity (Wildman–Crippen MR) is 112 cm³/mol. The second kappa shape index (κ2) is 11.9. The molecule has 1 amide bonds. The van der Waals surface area contributed by atoms with Gasteiger partial charge in [-0.15, -0.1) is 12.4 Å². The molecule has 1 saturated heterocycles. The molecule has 2 rings (SSSR count). The van der Waals surface area contributed by atoms with Crippen molar-refractivity contribution in [3.8, 4) is 5.75 Å². The molecule has 28 heavy (non-hydrogen) atoms. The molecule has 1 heterocycles. The minimum Gasteiger partial charge on any atom is -0.494 e. The lowest BCUT2D eigenvalue weighted by molar-refractivity contribution is -0.138. The molecule has 158 valence electrons. The van der Waals surface area contributed by atoms with Crippen molar-refractivity contribution in [3.05, 3.63) is 24.3 Å². The summed E-state index contributed by atoms with van der Waals surface area (Å²) in [7, 11) is 1.86. The number of likely N-dealkylation sites (N-methyl/N-ethyl adjacent to an activating group) is 1. The summed E-state index contributed by atoms with van der Waals surface area (Å²) in [5, 5.41) is 11.9. The van der Waals surface area contributed by atoms with Crippen molar-refractivity contribution >= 4 is 30.0 Å². The topological polar surface area (TPSA) is 82.1 Å². The maximum absolute atomic E-state index is 12.6. The van der Waals surface area contributed by atoms with Gasteiger partial charge in [-0.3, -0.25) is 19.4 Å². The number of nitrogens with zero attached hydrogens (tertiary/aromatic N) is 2. The Hall–Kier alpha value is -1.83. The van der Waals surface area contributed by atoms with E-state index in [4.69, 9.17) is 9.84 Å². The Bertz CT molecular complexity index is 626. The molecule has 2 atom stereocenters. The van der Waals surface area contributed by atoms with Crippen LogP contribution in [0.4, 0.5) is 5.69 Å². The van der Waals surface area contributed by atoms with E-state index in [9.17, 15) is 9.59 Å². The average molecular weight is 414 g/mol. The molecule has 0 radical (unpaired) electrons. The van der Waals surface area contributed by atoms with E-state index in [0.29, 0.717) is 6.61 Å². The van der Waals surface area contributed by atoms with Crippen molar-refractivity contribution in [2.45, 2.75) is 45.2 Å². The van der Waals surface area contributed by atoms with E-state index in [0.717, 1.165) is 43.8 Å². The highest BCUT2D eigenvalue weighted by atomic mass is 35.5. The lowest BCUT2D eigenvalue weighted by Gasteiger charge is -2.28. The molecule has 0 saturated carbocycles. The zero-order valence-electron chi connectivity index (χ0n) is 16.9. The van der Waals surface area contributed by atoms with E-state index in [1.807, 2.05) is 50.1 Å². The van der Waals surface area contributed by atoms with E-state index < -0.39 is 5.97 Å². The van der Waals surface area contributed by atoms with Crippen LogP contribution < -0.4 is 10.1 Å². The fourth-order valence-corrected chi connectivity index (χ4v) is 3.49. The van der Waals surface area contributed by atoms with Gasteiger partial charge in [-0.05, 0) is 71.0 Å². The number of anilines is 1. The van der Waals surface area contributed by atoms with E-state index in [1.165, 1.54) is 0 Å². The SMILES string of the molecule is CCOc1ccc(NC(=O)C(C)N2CCCC(N(C)CC(=O)O)CC2)cc1.Cl. The Morgan fingerprint density at radius 3 is 2.57 bits per heavy atom. The van der Waals surface area contributed by atoms with Gasteiger partial charge in [-0.1, -0.05) is 0 Å². The van der Waals surface area contributed by atoms with Crippen LogP contribution in [0.15, 0.2) is 24.3 Å². The number of ether oxygens (including phenoxy) is 1. The number of carbonyl (C=O) groups excluding carboxylic acids is 1. The fraction of sp³-hybridized carbons (Fsp3) is 0.600. The molecular weight excluding hydrogens is 382 g/mol. The molecule has 2 unspecified atom stereocenters. The van der Waals surface area contributed by atoms with Crippen LogP contribution in [0.3, 0.4) is 0 Å². The number of halogens is 1. The van der Waals surface area contributed by atoms with Crippen LogP contribution in [0.25, 0.3) is 0 Å². The van der Waals surface area contributed by atoms with Gasteiger partial charge in [0.15, 0.2) is 0 Å². The average Bonchev–Trinajstić information content (AvgIpc) is 2.88. The van der Waals surface area contributed by atoms with Crippen molar-refractivity contribution < 1.29 is 19.4 Å². The van der Waals surface area contributed by atoms with Crippen LogP contribution in [0.5, 0.6) is 5.75 Å². The minimum atomic E-state index is -0.804. The number of aliphatic carboxylic acids is 1. The molecule has 0 bridgehead atoms. The normalized spacial score (nSPS) is 18.6. The zero-order valence-corrected chi connectivity index (χ0v) is 17.7. The first kappa shape index (κ1) is 24.2. The Labute approximate surface area is 173 Å². The fourth-order valence-electron chi connectivity index (χ4n) is 3.49. The van der Waals surface area contributed by atoms with Gasteiger partial charge < -0.3 is 15.2 Å². The standard InChI is InChI=1S/C20H31N3O4.ClH/c1-4-27-18-9-7-16(8-10-18)21-20(26)15(2)23-12-5-6-17(11-13-23)22(3)14-19(24)25;/h7-10,15,17H,4-6,11-14H2,1-3H3,(H,21,26)(H,24,25);1H. The number of hydrogen-bond donors (Lipinski definition) is 2. The number of likely N-dealkylation sites (tertiary alicyclic amines) is 1. The number of amides is 1. The zero-order chi connectivity index (χ0) is 19.8. The molecule has 0 aromatic heterocycles. The third-order valence-corrected chi connectivity index (χ3v) is 5.10. The van der Waals surface area contributed by atoms with Crippen LogP contribution >= 0.6 is 12.4 Å². The van der Waals surface area contributed by atoms with E-state index in [2.05, 4.69) is 10.2 Å². The molecule has 0 aliphatic carbocycles. The molecule has 1 aliphatic rings. The van der Waals surface area contributed by atoms with Gasteiger partial charge in [0.25, 0.3) is 0 Å². The second-order valence-electron chi connectivity index (χ2n) is 7.05. The maximum atomic E-state index is 12.6. The number of carboxylic acids is 1. The largest absolute Gasteiger partial charge is 0.494 e. The van der Waals surface area contributed by atoms with Crippen molar-refractivity contribution in [1.82, 2.24) is 9.80 Å². The second-order valence-corrected chi connectivity index (χ2v) is 7.05. The number of hydrogen-bond acceptors (Lipinski definition) is 5. The van der Waals surface area contributed by atoms with Crippen molar-refractivity contribution in [3.63, 3.8) is 0 Å². The highest BCUT2D eigenvalue weighted by Gasteiger charge is 2.26. The first-order valence-corrected chi connectivity index (χ1v) is 9.60. The van der Waals surface area contributed by atoms with Crippen molar-refractivity contribution in [1.29, 1.82) is 0 Å². The lowest BCUT2D eigenvalue weighted by Crippen LogP contribution is -2.43. The summed E-state index contributed by atoms with van der Waals surface area (Å²) in [6.07, 6.45) is 2.77. The molecule has 2 N–H and O–H groups in total. The summed E-state index contributed by atoms with van der Waals surface area (Å²) in [5.41, 5.74) is 0.754. The summed E-state index contributed by atoms with van der Waals surface area (Å²) in [5.74, 6) is -0.0502. The molecule has 0 spiro atoms. The third-order valence-electron chi connectivity index (χ3n) is 5.10. The van der Waals surface area contributed by atoms with Gasteiger partial charge in [0, 0.05) is 18.3 Å². The Morgan fingerprint density at radius 1 is 1.29 bits per heavy atom. The molecule has 1 aromatic rings. The van der Waals surface area contributed by atoms with Gasteiger partial charge in [0.2, 0.25) is 5.91 Å². The minimum absolute atomic E-state index is 0. The van der Waals surface area contributed by atoms with Gasteiger partial charge in [0.05, 0.1) is 19.2 Å². The quantitative estimate of drug-likeness (QED) is 0.681. The number of carbonyl (C=O) groups is 2. The molecule has 7 nitrogen and oxygen atoms in total. The smallest absolute Gasteiger partial charge is 0.317 e. The van der Waals surface area contributed by atoms with Crippen molar-refractivity contribution in [2.24, 2.45) is 0 Å². The molecular formula is C20H32ClN3O4. The predicted octanol–water partition coefficient (Wildman–Crippen LogP) is 2.71. The number of rotatable bonds is 8. The van der Waals surface area contributed by atoms with E-state index >= 15 is 0 Å². The van der Waals surface area contributed by atoms with Crippen LogP contribution in [-0.2, 0) is 9.59 Å². The summed E-state index contributed by atoms with van der Waals surface area (Å²) >= 11 is 0. The molecule has 1 fully saturated rings. The van der Waals surface area contributed by atoms with Crippen LogP contribution in [-0.4, -0.2) is 72.2 Å². The first-order valence-electron chi connectivity index (χ1n) is 9.60. The molecule has 8 heteroatoms. The van der Waals surface area contributed by atoms with E-state index in [-0.39, 0.29) is 36.9 Å². The van der Waals surface area contributed by atoms with Crippen molar-refractivity contribution in [2.75, 3.05) is 38.6 Å². The number of carboxylic acid groups (broad SMARTS) is 1. The monoisotopic (exact) mass is 413 g/mol. The number of benzene rings is 1. The van der Waals surface area contributed by atoms with Gasteiger partial charge in [-0.2, -0.15) is 0 Å². The highest BCUT2D eigenvalue weighted by molar-refractivity contribution is 5.94. The van der Waals surface area contributed by atoms with Crippen LogP contribution in [0.1, 0.15) is 33.1 Å². The Morgan fingerprint density at radius 2 is 1.96 bits per heavy atom. The van der Waals surface area contributed by atoms with E-state index in [1.54, 1.807) is 0 Å². The van der Waals surface area contributed by atoms with Gasteiger partial charge in [-0.25, -0.2) is 0 Å². The summed E-state index contributed by atoms with van der Waals surface area (Å²) in [4.78, 5) is 27.6. The van der Waals surface area contributed by atoms with Gasteiger partial charge >= 0.3 is 5.97 Å². The lowest BCUT2D eigenvalue weighted by atomic mass is 10.1. The summed E-state index contributed by atoms with van der Waals surface area (Å²) in [6.45, 7) is 6.15. The maximum Gasteiger partial charge on any atom is 0.317 e. The Kier molecular flexibility index (Phi) is 10.3. The van der Waals surface area contributed by atoms with Crippen LogP contribution in [0, 0.1) is 0 Å². The highest BCUT2D eigenvalue weighted by Crippen LogP contribution is 2.19. The molecule has 1 aliphatic heterocycles. The number of nitrogens with one attached hydrogen (secondary N) is 1. The van der Waals surface area contributed by atoms with Crippen LogP contribution in [0.2, 0.25) is 0 Å². The summed E-state index contributed by atoms with van der Waals surface area (Å²) < 4.78 is 5.41. The summed E-state index contributed by atoms with van der Waals surface area (Å²) in [6, 6.07) is 7.38.